The highest BCUT2D eigenvalue weighted by Gasteiger charge is 2.56. The van der Waals surface area contributed by atoms with Crippen molar-refractivity contribution >= 4 is 41.3 Å². The van der Waals surface area contributed by atoms with E-state index < -0.39 is 41.3 Å². The first-order valence-electron chi connectivity index (χ1n) is 8.21. The average molecular weight is 397 g/mol. The third-order valence-electron chi connectivity index (χ3n) is 2.33. The van der Waals surface area contributed by atoms with Crippen LogP contribution in [0, 0.1) is 0 Å². The van der Waals surface area contributed by atoms with E-state index in [1.165, 1.54) is 0 Å². The van der Waals surface area contributed by atoms with E-state index in [1.54, 1.807) is 0 Å². The molecular formula is C12H33BO6Si4. The second-order valence-corrected chi connectivity index (χ2v) is 25.0. The van der Waals surface area contributed by atoms with Crippen LogP contribution in [0.1, 0.15) is 6.42 Å². The van der Waals surface area contributed by atoms with Crippen LogP contribution in [-0.2, 0) is 26.0 Å². The van der Waals surface area contributed by atoms with Gasteiger partial charge in [0.05, 0.1) is 0 Å². The van der Waals surface area contributed by atoms with Crippen LogP contribution in [0.5, 0.6) is 0 Å². The van der Waals surface area contributed by atoms with E-state index in [9.17, 15) is 0 Å². The molecule has 0 amide bonds. The maximum Gasteiger partial charge on any atom is 0.636 e. The molecule has 0 atom stereocenters. The van der Waals surface area contributed by atoms with Gasteiger partial charge < -0.3 is 26.0 Å². The van der Waals surface area contributed by atoms with Gasteiger partial charge >= 0.3 is 16.4 Å². The predicted molar refractivity (Wildman–Crippen MR) is 102 cm³/mol. The molecule has 0 bridgehead atoms. The molecule has 0 N–H and O–H groups in total. The van der Waals surface area contributed by atoms with Crippen LogP contribution in [0.15, 0.2) is 0 Å². The number of hydrogen-bond acceptors (Lipinski definition) is 6. The molecule has 1 rings (SSSR count). The maximum atomic E-state index is 6.40. The first-order chi connectivity index (χ1) is 10.2. The minimum absolute atomic E-state index is 0.613. The third kappa shape index (κ3) is 9.67. The molecule has 136 valence electrons. The van der Waals surface area contributed by atoms with Gasteiger partial charge in [0.25, 0.3) is 0 Å². The molecule has 0 aromatic rings. The lowest BCUT2D eigenvalue weighted by atomic mass is 10.2. The summed E-state index contributed by atoms with van der Waals surface area (Å²) in [6.07, 6.45) is 0.868. The molecule has 0 unspecified atom stereocenters. The monoisotopic (exact) mass is 396 g/mol. The molecule has 0 aromatic carbocycles. The summed E-state index contributed by atoms with van der Waals surface area (Å²) in [6, 6.07) is 0. The summed E-state index contributed by atoms with van der Waals surface area (Å²) < 4.78 is 36.5. The molecular weight excluding hydrogens is 363 g/mol. The van der Waals surface area contributed by atoms with Crippen molar-refractivity contribution in [1.29, 1.82) is 0 Å². The van der Waals surface area contributed by atoms with Gasteiger partial charge in [-0.1, -0.05) is 0 Å². The lowest BCUT2D eigenvalue weighted by Crippen LogP contribution is -2.65. The summed E-state index contributed by atoms with van der Waals surface area (Å²) >= 11 is 0. The quantitative estimate of drug-likeness (QED) is 0.586. The van der Waals surface area contributed by atoms with E-state index in [2.05, 4.69) is 58.9 Å². The number of hydrogen-bond donors (Lipinski definition) is 0. The highest BCUT2D eigenvalue weighted by molar-refractivity contribution is 6.89. The third-order valence-corrected chi connectivity index (χ3v) is 13.2. The van der Waals surface area contributed by atoms with Gasteiger partial charge in [-0.2, -0.15) is 0 Å². The highest BCUT2D eigenvalue weighted by atomic mass is 28.5. The Hall–Kier alpha value is 0.692. The molecule has 6 nitrogen and oxygen atoms in total. The van der Waals surface area contributed by atoms with Crippen molar-refractivity contribution < 1.29 is 26.0 Å². The van der Waals surface area contributed by atoms with Crippen molar-refractivity contribution in [2.45, 2.75) is 65.3 Å². The normalized spacial score (nSPS) is 18.4. The summed E-state index contributed by atoms with van der Waals surface area (Å²) in [7, 11) is -9.99. The van der Waals surface area contributed by atoms with E-state index in [1.807, 2.05) is 0 Å². The van der Waals surface area contributed by atoms with Crippen LogP contribution in [0.25, 0.3) is 0 Å². The van der Waals surface area contributed by atoms with Crippen LogP contribution in [0.4, 0.5) is 0 Å². The van der Waals surface area contributed by atoms with Gasteiger partial charge in [0.2, 0.25) is 0 Å². The summed E-state index contributed by atoms with van der Waals surface area (Å²) in [5.74, 6) is 0. The molecule has 0 aromatic heterocycles. The summed E-state index contributed by atoms with van der Waals surface area (Å²) in [4.78, 5) is 0. The number of rotatable bonds is 8. The van der Waals surface area contributed by atoms with Gasteiger partial charge in [0, 0.05) is 13.2 Å². The van der Waals surface area contributed by atoms with Crippen LogP contribution in [-0.4, -0.2) is 54.5 Å². The van der Waals surface area contributed by atoms with Crippen LogP contribution in [0.3, 0.4) is 0 Å². The fraction of sp³-hybridized carbons (Fsp3) is 1.00. The van der Waals surface area contributed by atoms with Crippen LogP contribution >= 0.6 is 0 Å². The molecule has 1 fully saturated rings. The Labute approximate surface area is 146 Å². The Morgan fingerprint density at radius 2 is 1.00 bits per heavy atom. The first kappa shape index (κ1) is 21.7. The maximum absolute atomic E-state index is 6.40. The van der Waals surface area contributed by atoms with Crippen molar-refractivity contribution in [1.82, 2.24) is 0 Å². The SMILES string of the molecule is C[Si](C)(C)O[Si](OB1OCCCO1)(O[Si](C)(C)C)O[Si](C)(C)C. The molecule has 11 heteroatoms. The van der Waals surface area contributed by atoms with E-state index in [-0.39, 0.29) is 0 Å². The van der Waals surface area contributed by atoms with E-state index in [0.717, 1.165) is 6.42 Å². The largest absolute Gasteiger partial charge is 0.636 e. The Bertz CT molecular complexity index is 332. The molecule has 0 radical (unpaired) electrons. The fourth-order valence-electron chi connectivity index (χ4n) is 1.91. The zero-order chi connectivity index (χ0) is 17.9. The molecule has 1 heterocycles. The molecule has 0 saturated carbocycles. The van der Waals surface area contributed by atoms with Gasteiger partial charge in [-0.15, -0.1) is 0 Å². The second kappa shape index (κ2) is 7.93. The zero-order valence-corrected chi connectivity index (χ0v) is 20.1. The smallest absolute Gasteiger partial charge is 0.396 e. The van der Waals surface area contributed by atoms with E-state index >= 15 is 0 Å². The van der Waals surface area contributed by atoms with Crippen molar-refractivity contribution in [3.63, 3.8) is 0 Å². The molecule has 0 aliphatic carbocycles. The minimum Gasteiger partial charge on any atom is -0.396 e. The van der Waals surface area contributed by atoms with Gasteiger partial charge in [0.1, 0.15) is 0 Å². The summed E-state index contributed by atoms with van der Waals surface area (Å²) in [5, 5.41) is 0. The Morgan fingerprint density at radius 3 is 1.30 bits per heavy atom. The zero-order valence-electron chi connectivity index (χ0n) is 16.1. The van der Waals surface area contributed by atoms with Crippen LogP contribution in [0.2, 0.25) is 58.9 Å². The molecule has 23 heavy (non-hydrogen) atoms. The Balaban J connectivity index is 3.08. The second-order valence-electron chi connectivity index (χ2n) is 8.64. The lowest BCUT2D eigenvalue weighted by Gasteiger charge is -2.42. The molecule has 1 aliphatic heterocycles. The van der Waals surface area contributed by atoms with Crippen molar-refractivity contribution in [2.24, 2.45) is 0 Å². The minimum atomic E-state index is -3.35. The highest BCUT2D eigenvalue weighted by Crippen LogP contribution is 2.28. The lowest BCUT2D eigenvalue weighted by molar-refractivity contribution is 0.0475. The first-order valence-corrected chi connectivity index (χ1v) is 20.1. The Kier molecular flexibility index (Phi) is 7.49. The standard InChI is InChI=1S/C12H33BO6Si4/c1-20(2,3)17-23(18-21(4,5)6,19-22(7,8)9)16-13-14-11-10-12-15-13/h10-12H2,1-9H3. The van der Waals surface area contributed by atoms with E-state index in [4.69, 9.17) is 26.0 Å². The molecule has 1 saturated heterocycles. The van der Waals surface area contributed by atoms with Crippen molar-refractivity contribution in [3.8, 4) is 0 Å². The molecule has 0 spiro atoms. The average Bonchev–Trinajstić information content (AvgIpc) is 2.21. The van der Waals surface area contributed by atoms with Gasteiger partial charge in [-0.05, 0) is 65.3 Å². The fourth-order valence-corrected chi connectivity index (χ4v) is 13.5. The van der Waals surface area contributed by atoms with Gasteiger partial charge in [-0.25, -0.2) is 0 Å². The van der Waals surface area contributed by atoms with E-state index in [0.29, 0.717) is 13.2 Å². The van der Waals surface area contributed by atoms with Gasteiger partial charge in [-0.3, -0.25) is 0 Å². The predicted octanol–water partition coefficient (Wildman–Crippen LogP) is 3.41. The van der Waals surface area contributed by atoms with Gasteiger partial charge in [0.15, 0.2) is 25.0 Å². The topological polar surface area (TPSA) is 55.4 Å². The summed E-state index contributed by atoms with van der Waals surface area (Å²) in [6.45, 7) is 20.2. The van der Waals surface area contributed by atoms with Crippen LogP contribution < -0.4 is 0 Å². The van der Waals surface area contributed by atoms with Crippen molar-refractivity contribution in [3.05, 3.63) is 0 Å². The van der Waals surface area contributed by atoms with Crippen molar-refractivity contribution in [2.75, 3.05) is 13.2 Å². The molecule has 1 aliphatic rings. The Morgan fingerprint density at radius 1 is 0.652 bits per heavy atom. The summed E-state index contributed by atoms with van der Waals surface area (Å²) in [5.41, 5.74) is 0.